The lowest BCUT2D eigenvalue weighted by Crippen LogP contribution is -2.30. The number of rotatable bonds is 6. The van der Waals surface area contributed by atoms with Crippen molar-refractivity contribution in [2.24, 2.45) is 0 Å². The highest BCUT2D eigenvalue weighted by atomic mass is 16.5. The Morgan fingerprint density at radius 2 is 1.75 bits per heavy atom. The van der Waals surface area contributed by atoms with E-state index in [0.29, 0.717) is 0 Å². The highest BCUT2D eigenvalue weighted by Gasteiger charge is 2.20. The average molecular weight is 228 g/mol. The summed E-state index contributed by atoms with van der Waals surface area (Å²) in [4.78, 5) is 0. The molecule has 1 N–H and O–H groups in total. The summed E-state index contributed by atoms with van der Waals surface area (Å²) in [5, 5.41) is 9.95. The second kappa shape index (κ2) is 9.00. The van der Waals surface area contributed by atoms with Gasteiger partial charge in [0, 0.05) is 6.61 Å². The molecule has 1 aliphatic rings. The van der Waals surface area contributed by atoms with Crippen molar-refractivity contribution >= 4 is 0 Å². The van der Waals surface area contributed by atoms with Crippen molar-refractivity contribution in [3.8, 4) is 0 Å². The molecule has 0 aliphatic heterocycles. The predicted octanol–water partition coefficient (Wildman–Crippen LogP) is 3.67. The lowest BCUT2D eigenvalue weighted by molar-refractivity contribution is -0.0502. The zero-order chi connectivity index (χ0) is 11.6. The first-order chi connectivity index (χ1) is 7.84. The second-order valence-electron chi connectivity index (χ2n) is 5.03. The molecule has 2 atom stereocenters. The number of hydrogen-bond donors (Lipinski definition) is 1. The number of ether oxygens (including phenoxy) is 1. The van der Waals surface area contributed by atoms with E-state index in [0.717, 1.165) is 32.3 Å². The van der Waals surface area contributed by atoms with Crippen molar-refractivity contribution in [3.63, 3.8) is 0 Å². The van der Waals surface area contributed by atoms with Gasteiger partial charge in [-0.3, -0.25) is 0 Å². The quantitative estimate of drug-likeness (QED) is 0.703. The van der Waals surface area contributed by atoms with Crippen molar-refractivity contribution in [2.75, 3.05) is 6.61 Å². The van der Waals surface area contributed by atoms with Gasteiger partial charge < -0.3 is 9.84 Å². The van der Waals surface area contributed by atoms with E-state index < -0.39 is 0 Å². The third kappa shape index (κ3) is 5.86. The lowest BCUT2D eigenvalue weighted by Gasteiger charge is -2.25. The van der Waals surface area contributed by atoms with Crippen molar-refractivity contribution in [3.05, 3.63) is 0 Å². The van der Waals surface area contributed by atoms with Crippen LogP contribution in [-0.2, 0) is 4.74 Å². The fourth-order valence-electron chi connectivity index (χ4n) is 2.39. The summed E-state index contributed by atoms with van der Waals surface area (Å²) in [5.74, 6) is 0. The summed E-state index contributed by atoms with van der Waals surface area (Å²) in [6.07, 6.45) is 11.8. The summed E-state index contributed by atoms with van der Waals surface area (Å²) >= 11 is 0. The van der Waals surface area contributed by atoms with Gasteiger partial charge in [-0.05, 0) is 19.3 Å². The first-order valence-electron chi connectivity index (χ1n) is 7.14. The monoisotopic (exact) mass is 228 g/mol. The minimum absolute atomic E-state index is 0.113. The molecule has 96 valence electrons. The van der Waals surface area contributed by atoms with Crippen LogP contribution in [0.15, 0.2) is 0 Å². The van der Waals surface area contributed by atoms with Crippen LogP contribution in [0.4, 0.5) is 0 Å². The molecule has 1 fully saturated rings. The molecule has 2 nitrogen and oxygen atoms in total. The maximum absolute atomic E-state index is 9.95. The fraction of sp³-hybridized carbons (Fsp3) is 1.00. The van der Waals surface area contributed by atoms with Gasteiger partial charge in [0.1, 0.15) is 0 Å². The maximum Gasteiger partial charge on any atom is 0.0833 e. The molecule has 1 rings (SSSR count). The van der Waals surface area contributed by atoms with Crippen LogP contribution >= 0.6 is 0 Å². The van der Waals surface area contributed by atoms with E-state index in [9.17, 15) is 5.11 Å². The van der Waals surface area contributed by atoms with Crippen LogP contribution in [0.1, 0.15) is 71.1 Å². The molecule has 0 radical (unpaired) electrons. The van der Waals surface area contributed by atoms with Crippen molar-refractivity contribution in [1.82, 2.24) is 0 Å². The highest BCUT2D eigenvalue weighted by molar-refractivity contribution is 4.72. The molecule has 2 unspecified atom stereocenters. The topological polar surface area (TPSA) is 29.5 Å². The van der Waals surface area contributed by atoms with E-state index in [1.807, 2.05) is 0 Å². The molecule has 1 aliphatic carbocycles. The molecule has 0 aromatic rings. The molecule has 0 spiro atoms. The first kappa shape index (κ1) is 14.0. The average Bonchev–Trinajstić information content (AvgIpc) is 2.27. The van der Waals surface area contributed by atoms with Gasteiger partial charge in [-0.25, -0.2) is 0 Å². The normalized spacial score (nSPS) is 27.4. The predicted molar refractivity (Wildman–Crippen MR) is 67.6 cm³/mol. The van der Waals surface area contributed by atoms with Gasteiger partial charge in [0.05, 0.1) is 12.2 Å². The Bertz CT molecular complexity index is 159. The number of unbranched alkanes of at least 4 members (excludes halogenated alkanes) is 3. The van der Waals surface area contributed by atoms with Crippen LogP contribution in [-0.4, -0.2) is 23.9 Å². The fourth-order valence-corrected chi connectivity index (χ4v) is 2.39. The van der Waals surface area contributed by atoms with Gasteiger partial charge in [0.15, 0.2) is 0 Å². The molecule has 0 aromatic heterocycles. The lowest BCUT2D eigenvalue weighted by atomic mass is 9.96. The zero-order valence-electron chi connectivity index (χ0n) is 10.8. The summed E-state index contributed by atoms with van der Waals surface area (Å²) in [7, 11) is 0. The zero-order valence-corrected chi connectivity index (χ0v) is 10.8. The van der Waals surface area contributed by atoms with E-state index in [4.69, 9.17) is 4.74 Å². The molecule has 16 heavy (non-hydrogen) atoms. The smallest absolute Gasteiger partial charge is 0.0833 e. The van der Waals surface area contributed by atoms with Gasteiger partial charge in [-0.15, -0.1) is 0 Å². The molecule has 0 bridgehead atoms. The van der Waals surface area contributed by atoms with Crippen molar-refractivity contribution in [1.29, 1.82) is 0 Å². The number of aliphatic hydroxyl groups excluding tert-OH is 1. The van der Waals surface area contributed by atoms with E-state index in [1.54, 1.807) is 0 Å². The van der Waals surface area contributed by atoms with Gasteiger partial charge in [-0.2, -0.15) is 0 Å². The SMILES string of the molecule is CCCCCCOC1CCCCCCC1O. The molecule has 0 aromatic carbocycles. The molecule has 2 heteroatoms. The van der Waals surface area contributed by atoms with E-state index >= 15 is 0 Å². The molecule has 0 saturated heterocycles. The van der Waals surface area contributed by atoms with E-state index in [2.05, 4.69) is 6.92 Å². The Morgan fingerprint density at radius 1 is 1.00 bits per heavy atom. The Morgan fingerprint density at radius 3 is 2.50 bits per heavy atom. The van der Waals surface area contributed by atoms with Gasteiger partial charge >= 0.3 is 0 Å². The number of hydrogen-bond acceptors (Lipinski definition) is 2. The van der Waals surface area contributed by atoms with Crippen molar-refractivity contribution in [2.45, 2.75) is 83.3 Å². The van der Waals surface area contributed by atoms with Crippen LogP contribution in [0.2, 0.25) is 0 Å². The van der Waals surface area contributed by atoms with E-state index in [-0.39, 0.29) is 12.2 Å². The van der Waals surface area contributed by atoms with E-state index in [1.165, 1.54) is 38.5 Å². The molecule has 0 heterocycles. The van der Waals surface area contributed by atoms with Crippen LogP contribution < -0.4 is 0 Å². The van der Waals surface area contributed by atoms with Gasteiger partial charge in [0.25, 0.3) is 0 Å². The minimum Gasteiger partial charge on any atom is -0.390 e. The maximum atomic E-state index is 9.95. The van der Waals surface area contributed by atoms with Crippen LogP contribution in [0.25, 0.3) is 0 Å². The molecular formula is C14H28O2. The largest absolute Gasteiger partial charge is 0.390 e. The van der Waals surface area contributed by atoms with Gasteiger partial charge in [0.2, 0.25) is 0 Å². The Hall–Kier alpha value is -0.0800. The highest BCUT2D eigenvalue weighted by Crippen LogP contribution is 2.20. The van der Waals surface area contributed by atoms with Crippen molar-refractivity contribution < 1.29 is 9.84 Å². The third-order valence-electron chi connectivity index (χ3n) is 3.50. The summed E-state index contributed by atoms with van der Waals surface area (Å²) < 4.78 is 5.83. The minimum atomic E-state index is -0.216. The molecular weight excluding hydrogens is 200 g/mol. The van der Waals surface area contributed by atoms with Crippen LogP contribution in [0.3, 0.4) is 0 Å². The summed E-state index contributed by atoms with van der Waals surface area (Å²) in [5.41, 5.74) is 0. The standard InChI is InChI=1S/C14H28O2/c1-2-3-4-9-12-16-14-11-8-6-5-7-10-13(14)15/h13-15H,2-12H2,1H3. The second-order valence-corrected chi connectivity index (χ2v) is 5.03. The molecule has 1 saturated carbocycles. The molecule has 0 amide bonds. The third-order valence-corrected chi connectivity index (χ3v) is 3.50. The number of aliphatic hydroxyl groups is 1. The Labute approximate surface area is 100 Å². The summed E-state index contributed by atoms with van der Waals surface area (Å²) in [6.45, 7) is 3.06. The first-order valence-corrected chi connectivity index (χ1v) is 7.14. The van der Waals surface area contributed by atoms with Gasteiger partial charge in [-0.1, -0.05) is 51.9 Å². The van der Waals surface area contributed by atoms with Crippen LogP contribution in [0, 0.1) is 0 Å². The van der Waals surface area contributed by atoms with Crippen LogP contribution in [0.5, 0.6) is 0 Å². The Balaban J connectivity index is 2.11. The summed E-state index contributed by atoms with van der Waals surface area (Å²) in [6, 6.07) is 0. The Kier molecular flexibility index (Phi) is 7.87.